The molecule has 3 N–H and O–H groups in total. The van der Waals surface area contributed by atoms with Crippen LogP contribution in [-0.4, -0.2) is 58.0 Å². The van der Waals surface area contributed by atoms with E-state index in [4.69, 9.17) is 15.3 Å². The number of cyclic esters (lactones) is 4. The summed E-state index contributed by atoms with van der Waals surface area (Å²) in [5.41, 5.74) is 0.718. The van der Waals surface area contributed by atoms with Crippen molar-refractivity contribution in [2.75, 3.05) is 6.61 Å². The Morgan fingerprint density at radius 1 is 1.08 bits per heavy atom. The highest BCUT2D eigenvalue weighted by Gasteiger charge is 2.31. The Morgan fingerprint density at radius 3 is 1.79 bits per heavy atom. The molecule has 2 unspecified atom stereocenters. The lowest BCUT2D eigenvalue weighted by molar-refractivity contribution is -0.154. The molecule has 0 saturated carbocycles. The lowest BCUT2D eigenvalue weighted by Gasteiger charge is -1.90. The lowest BCUT2D eigenvalue weighted by Crippen LogP contribution is -2.11. The Balaban J connectivity index is 0.000000196. The van der Waals surface area contributed by atoms with Crippen molar-refractivity contribution in [3.8, 4) is 0 Å². The average Bonchev–Trinajstić information content (AvgIpc) is 2.99. The second kappa shape index (κ2) is 8.87. The highest BCUT2D eigenvalue weighted by molar-refractivity contribution is 6.14. The van der Waals surface area contributed by atoms with Gasteiger partial charge < -0.3 is 24.8 Å². The lowest BCUT2D eigenvalue weighted by atomic mass is 10.1. The molecule has 0 radical (unpaired) electrons. The van der Waals surface area contributed by atoms with Gasteiger partial charge >= 0.3 is 23.9 Å². The SMILES string of the molecule is CC(O)CO.O=C1CC(O)C(=O)O1.O=C1OC(=O)c2ccccc21. The van der Waals surface area contributed by atoms with Crippen LogP contribution in [-0.2, 0) is 19.1 Å². The third-order valence-electron chi connectivity index (χ3n) is 2.66. The average molecular weight is 340 g/mol. The first-order valence-electron chi connectivity index (χ1n) is 6.83. The summed E-state index contributed by atoms with van der Waals surface area (Å²) in [6.45, 7) is 1.39. The number of benzene rings is 1. The smallest absolute Gasteiger partial charge is 0.346 e. The number of esters is 4. The molecule has 0 aromatic heterocycles. The number of ether oxygens (including phenoxy) is 2. The molecule has 1 aromatic rings. The van der Waals surface area contributed by atoms with E-state index in [1.54, 1.807) is 24.3 Å². The molecule has 9 heteroatoms. The first-order valence-corrected chi connectivity index (χ1v) is 6.83. The molecular formula is C15H16O9. The maximum atomic E-state index is 10.8. The first kappa shape index (κ1) is 19.4. The Hall–Kier alpha value is -2.62. The molecule has 3 rings (SSSR count). The van der Waals surface area contributed by atoms with Crippen molar-refractivity contribution in [1.29, 1.82) is 0 Å². The molecule has 2 atom stereocenters. The molecule has 24 heavy (non-hydrogen) atoms. The van der Waals surface area contributed by atoms with Crippen LogP contribution in [0.1, 0.15) is 34.1 Å². The van der Waals surface area contributed by atoms with E-state index in [-0.39, 0.29) is 13.0 Å². The van der Waals surface area contributed by atoms with Crippen molar-refractivity contribution in [3.05, 3.63) is 35.4 Å². The maximum absolute atomic E-state index is 10.8. The minimum Gasteiger partial charge on any atom is -0.394 e. The molecule has 9 nitrogen and oxygen atoms in total. The van der Waals surface area contributed by atoms with Crippen LogP contribution in [0.3, 0.4) is 0 Å². The van der Waals surface area contributed by atoms with E-state index < -0.39 is 36.1 Å². The van der Waals surface area contributed by atoms with E-state index in [9.17, 15) is 19.2 Å². The van der Waals surface area contributed by atoms with Crippen molar-refractivity contribution in [1.82, 2.24) is 0 Å². The van der Waals surface area contributed by atoms with Crippen LogP contribution in [0.5, 0.6) is 0 Å². The third-order valence-corrected chi connectivity index (χ3v) is 2.66. The summed E-state index contributed by atoms with van der Waals surface area (Å²) < 4.78 is 8.30. The largest absolute Gasteiger partial charge is 0.394 e. The van der Waals surface area contributed by atoms with Crippen molar-refractivity contribution < 1.29 is 44.0 Å². The molecule has 0 spiro atoms. The van der Waals surface area contributed by atoms with Gasteiger partial charge in [-0.1, -0.05) is 12.1 Å². The van der Waals surface area contributed by atoms with Crippen LogP contribution in [0.2, 0.25) is 0 Å². The number of aliphatic hydroxyl groups is 3. The molecule has 1 fully saturated rings. The van der Waals surface area contributed by atoms with Gasteiger partial charge in [-0.3, -0.25) is 4.79 Å². The summed E-state index contributed by atoms with van der Waals surface area (Å²) in [5.74, 6) is -2.59. The standard InChI is InChI=1S/C8H4O3.C4H4O4.C3H8O2/c9-7-5-3-1-2-4-6(5)8(10)11-7;5-2-1-3(6)8-4(2)7;1-3(5)2-4/h1-4H;2,5H,1H2;3-5H,2H2,1H3. The maximum Gasteiger partial charge on any atom is 0.346 e. The molecule has 1 aromatic carbocycles. The predicted molar refractivity (Wildman–Crippen MR) is 76.7 cm³/mol. The van der Waals surface area contributed by atoms with Gasteiger partial charge in [-0.05, 0) is 19.1 Å². The fraction of sp³-hybridized carbons (Fsp3) is 0.333. The summed E-state index contributed by atoms with van der Waals surface area (Å²) in [4.78, 5) is 41.8. The Morgan fingerprint density at radius 2 is 1.54 bits per heavy atom. The topological polar surface area (TPSA) is 147 Å². The van der Waals surface area contributed by atoms with Gasteiger partial charge in [0.2, 0.25) is 0 Å². The van der Waals surface area contributed by atoms with Crippen LogP contribution in [0, 0.1) is 0 Å². The van der Waals surface area contributed by atoms with Gasteiger partial charge in [0.25, 0.3) is 0 Å². The molecule has 2 aliphatic heterocycles. The van der Waals surface area contributed by atoms with Crippen LogP contribution in [0.15, 0.2) is 24.3 Å². The number of carbonyl (C=O) groups excluding carboxylic acids is 4. The summed E-state index contributed by atoms with van der Waals surface area (Å²) in [6, 6.07) is 6.53. The minimum atomic E-state index is -1.22. The second-order valence-electron chi connectivity index (χ2n) is 4.77. The normalized spacial score (nSPS) is 19.2. The van der Waals surface area contributed by atoms with Crippen molar-refractivity contribution in [2.45, 2.75) is 25.6 Å². The van der Waals surface area contributed by atoms with Gasteiger partial charge in [0, 0.05) is 0 Å². The highest BCUT2D eigenvalue weighted by Crippen LogP contribution is 2.18. The second-order valence-corrected chi connectivity index (χ2v) is 4.77. The fourth-order valence-corrected chi connectivity index (χ4v) is 1.50. The summed E-state index contributed by atoms with van der Waals surface area (Å²) >= 11 is 0. The van der Waals surface area contributed by atoms with Crippen LogP contribution in [0.25, 0.3) is 0 Å². The van der Waals surface area contributed by atoms with E-state index in [2.05, 4.69) is 9.47 Å². The number of hydrogen-bond donors (Lipinski definition) is 3. The summed E-state index contributed by atoms with van der Waals surface area (Å²) in [5, 5.41) is 24.5. The zero-order valence-electron chi connectivity index (χ0n) is 12.7. The van der Waals surface area contributed by atoms with Gasteiger partial charge in [-0.2, -0.15) is 0 Å². The molecule has 0 aliphatic carbocycles. The predicted octanol–water partition coefficient (Wildman–Crippen LogP) is -0.823. The quantitative estimate of drug-likeness (QED) is 0.440. The van der Waals surface area contributed by atoms with E-state index >= 15 is 0 Å². The number of fused-ring (bicyclic) bond motifs is 1. The Labute approximate surface area is 136 Å². The number of hydrogen-bond acceptors (Lipinski definition) is 9. The highest BCUT2D eigenvalue weighted by atomic mass is 16.6. The summed E-state index contributed by atoms with van der Waals surface area (Å²) in [6.07, 6.45) is -1.98. The van der Waals surface area contributed by atoms with Crippen molar-refractivity contribution in [2.24, 2.45) is 0 Å². The van der Waals surface area contributed by atoms with E-state index in [0.29, 0.717) is 11.1 Å². The third kappa shape index (κ3) is 5.54. The number of rotatable bonds is 1. The number of carbonyl (C=O) groups is 4. The Kier molecular flexibility index (Phi) is 7.18. The monoisotopic (exact) mass is 340 g/mol. The fourth-order valence-electron chi connectivity index (χ4n) is 1.50. The number of aliphatic hydroxyl groups excluding tert-OH is 3. The van der Waals surface area contributed by atoms with Crippen molar-refractivity contribution >= 4 is 23.9 Å². The molecule has 0 bridgehead atoms. The van der Waals surface area contributed by atoms with E-state index in [0.717, 1.165) is 0 Å². The molecule has 2 aliphatic rings. The van der Waals surface area contributed by atoms with Gasteiger partial charge in [-0.15, -0.1) is 0 Å². The molecule has 0 amide bonds. The van der Waals surface area contributed by atoms with E-state index in [1.165, 1.54) is 6.92 Å². The Bertz CT molecular complexity index is 603. The van der Waals surface area contributed by atoms with E-state index in [1.807, 2.05) is 0 Å². The van der Waals surface area contributed by atoms with Crippen molar-refractivity contribution in [3.63, 3.8) is 0 Å². The zero-order valence-corrected chi connectivity index (χ0v) is 12.7. The van der Waals surface area contributed by atoms with Gasteiger partial charge in [0.05, 0.1) is 30.3 Å². The van der Waals surface area contributed by atoms with Gasteiger partial charge in [0.15, 0.2) is 6.10 Å². The molecule has 2 heterocycles. The van der Waals surface area contributed by atoms with Gasteiger partial charge in [0.1, 0.15) is 0 Å². The molecular weight excluding hydrogens is 324 g/mol. The summed E-state index contributed by atoms with van der Waals surface area (Å²) in [7, 11) is 0. The molecule has 130 valence electrons. The minimum absolute atomic E-state index is 0.139. The molecule has 1 saturated heterocycles. The van der Waals surface area contributed by atoms with Crippen LogP contribution >= 0.6 is 0 Å². The van der Waals surface area contributed by atoms with Crippen LogP contribution < -0.4 is 0 Å². The van der Waals surface area contributed by atoms with Gasteiger partial charge in [-0.25, -0.2) is 14.4 Å². The zero-order chi connectivity index (χ0) is 18.3. The van der Waals surface area contributed by atoms with Crippen LogP contribution in [0.4, 0.5) is 0 Å². The first-order chi connectivity index (χ1) is 11.3.